The molecule has 0 bridgehead atoms. The van der Waals surface area contributed by atoms with Gasteiger partial charge in [0.25, 0.3) is 0 Å². The Morgan fingerprint density at radius 2 is 2.00 bits per heavy atom. The van der Waals surface area contributed by atoms with Gasteiger partial charge in [-0.2, -0.15) is 5.10 Å². The van der Waals surface area contributed by atoms with Gasteiger partial charge in [0.15, 0.2) is 11.5 Å². The van der Waals surface area contributed by atoms with Crippen LogP contribution in [0.15, 0.2) is 30.3 Å². The van der Waals surface area contributed by atoms with Crippen molar-refractivity contribution in [1.82, 2.24) is 10.2 Å². The van der Waals surface area contributed by atoms with Gasteiger partial charge in [0.05, 0.1) is 13.2 Å². The number of aromatic nitrogens is 2. The van der Waals surface area contributed by atoms with Crippen molar-refractivity contribution < 1.29 is 19.4 Å². The Morgan fingerprint density at radius 1 is 1.32 bits per heavy atom. The third-order valence-corrected chi connectivity index (χ3v) is 3.26. The van der Waals surface area contributed by atoms with Gasteiger partial charge in [-0.1, -0.05) is 37.3 Å². The summed E-state index contributed by atoms with van der Waals surface area (Å²) >= 11 is 0. The molecule has 0 aliphatic rings. The van der Waals surface area contributed by atoms with Crippen molar-refractivity contribution in [3.8, 4) is 11.1 Å². The third-order valence-electron chi connectivity index (χ3n) is 3.26. The van der Waals surface area contributed by atoms with E-state index in [1.165, 1.54) is 0 Å². The normalized spacial score (nSPS) is 12.0. The lowest BCUT2D eigenvalue weighted by Crippen LogP contribution is -2.16. The number of hydrogen-bond donors (Lipinski definition) is 2. The number of aromatic amines is 1. The Kier molecular flexibility index (Phi) is 5.06. The van der Waals surface area contributed by atoms with E-state index in [0.29, 0.717) is 11.1 Å². The number of nitrogens with zero attached hydrogens (tertiary/aromatic N) is 1. The minimum absolute atomic E-state index is 0.135. The lowest BCUT2D eigenvalue weighted by Gasteiger charge is -2.08. The van der Waals surface area contributed by atoms with Crippen LogP contribution in [-0.4, -0.2) is 40.3 Å². The Bertz CT molecular complexity index is 664. The molecule has 1 aromatic heterocycles. The molecule has 116 valence electrons. The number of aliphatic hydroxyl groups is 1. The summed E-state index contributed by atoms with van der Waals surface area (Å²) in [5.41, 5.74) is 1.37. The lowest BCUT2D eigenvalue weighted by atomic mass is 9.96. The van der Waals surface area contributed by atoms with Crippen LogP contribution in [0.2, 0.25) is 0 Å². The zero-order chi connectivity index (χ0) is 16.1. The van der Waals surface area contributed by atoms with Gasteiger partial charge in [-0.3, -0.25) is 9.89 Å². The van der Waals surface area contributed by atoms with Gasteiger partial charge in [0, 0.05) is 11.5 Å². The van der Waals surface area contributed by atoms with Crippen LogP contribution in [0.3, 0.4) is 0 Å². The molecule has 0 spiro atoms. The fourth-order valence-corrected chi connectivity index (χ4v) is 2.07. The summed E-state index contributed by atoms with van der Waals surface area (Å²) in [6.45, 7) is 3.25. The molecule has 2 aromatic rings. The summed E-state index contributed by atoms with van der Waals surface area (Å²) in [4.78, 5) is 24.4. The van der Waals surface area contributed by atoms with Crippen LogP contribution in [0, 0.1) is 5.92 Å². The molecule has 1 atom stereocenters. The Balaban J connectivity index is 2.56. The zero-order valence-corrected chi connectivity index (χ0v) is 12.5. The standard InChI is InChI=1S/C16H18N2O4/c1-3-22-16(21)14-12(11-7-5-4-6-8-11)13(17-18-14)15(20)10(2)9-19/h4-8,10,19H,3,9H2,1-2H3,(H,17,18). The number of aliphatic hydroxyl groups excluding tert-OH is 1. The van der Waals surface area contributed by atoms with Gasteiger partial charge in [-0.15, -0.1) is 0 Å². The van der Waals surface area contributed by atoms with Crippen LogP contribution in [0.1, 0.15) is 34.8 Å². The number of rotatable bonds is 6. The first-order valence-corrected chi connectivity index (χ1v) is 7.06. The van der Waals surface area contributed by atoms with E-state index in [9.17, 15) is 14.7 Å². The van der Waals surface area contributed by atoms with Gasteiger partial charge >= 0.3 is 5.97 Å². The van der Waals surface area contributed by atoms with Crippen LogP contribution in [0.25, 0.3) is 11.1 Å². The summed E-state index contributed by atoms with van der Waals surface area (Å²) < 4.78 is 5.00. The van der Waals surface area contributed by atoms with Crippen molar-refractivity contribution in [2.75, 3.05) is 13.2 Å². The number of ketones is 1. The highest BCUT2D eigenvalue weighted by Gasteiger charge is 2.27. The number of nitrogens with one attached hydrogen (secondary N) is 1. The molecule has 0 radical (unpaired) electrons. The van der Waals surface area contributed by atoms with E-state index in [0.717, 1.165) is 0 Å². The molecule has 6 nitrogen and oxygen atoms in total. The van der Waals surface area contributed by atoms with Crippen LogP contribution in [0.5, 0.6) is 0 Å². The summed E-state index contributed by atoms with van der Waals surface area (Å²) in [6, 6.07) is 9.02. The van der Waals surface area contributed by atoms with Crippen molar-refractivity contribution in [2.24, 2.45) is 5.92 Å². The topological polar surface area (TPSA) is 92.3 Å². The second-order valence-electron chi connectivity index (χ2n) is 4.86. The maximum Gasteiger partial charge on any atom is 0.357 e. The fourth-order valence-electron chi connectivity index (χ4n) is 2.07. The van der Waals surface area contributed by atoms with Crippen LogP contribution >= 0.6 is 0 Å². The molecule has 2 N–H and O–H groups in total. The van der Waals surface area contributed by atoms with Gasteiger partial charge in [0.2, 0.25) is 0 Å². The average molecular weight is 302 g/mol. The first-order chi connectivity index (χ1) is 10.6. The molecule has 1 unspecified atom stereocenters. The van der Waals surface area contributed by atoms with Gasteiger partial charge < -0.3 is 9.84 Å². The first kappa shape index (κ1) is 15.9. The van der Waals surface area contributed by atoms with Crippen LogP contribution < -0.4 is 0 Å². The second-order valence-corrected chi connectivity index (χ2v) is 4.86. The molecular formula is C16H18N2O4. The minimum Gasteiger partial charge on any atom is -0.461 e. The highest BCUT2D eigenvalue weighted by atomic mass is 16.5. The highest BCUT2D eigenvalue weighted by molar-refractivity contribution is 6.07. The quantitative estimate of drug-likeness (QED) is 0.629. The average Bonchev–Trinajstić information content (AvgIpc) is 2.99. The molecule has 0 saturated carbocycles. The smallest absolute Gasteiger partial charge is 0.357 e. The zero-order valence-electron chi connectivity index (χ0n) is 12.5. The van der Waals surface area contributed by atoms with E-state index in [1.807, 2.05) is 6.07 Å². The van der Waals surface area contributed by atoms with Crippen molar-refractivity contribution >= 4 is 11.8 Å². The number of esters is 1. The first-order valence-electron chi connectivity index (χ1n) is 7.06. The van der Waals surface area contributed by atoms with E-state index in [1.54, 1.807) is 38.1 Å². The maximum absolute atomic E-state index is 12.4. The number of ether oxygens (including phenoxy) is 1. The molecule has 0 amide bonds. The van der Waals surface area contributed by atoms with Gasteiger partial charge in [0.1, 0.15) is 5.69 Å². The fraction of sp³-hybridized carbons (Fsp3) is 0.312. The largest absolute Gasteiger partial charge is 0.461 e. The summed E-state index contributed by atoms with van der Waals surface area (Å²) in [5, 5.41) is 15.7. The minimum atomic E-state index is -0.596. The number of Topliss-reactive ketones (excluding diaryl/α,β-unsaturated/α-hetero) is 1. The van der Waals surface area contributed by atoms with Crippen molar-refractivity contribution in [3.63, 3.8) is 0 Å². The van der Waals surface area contributed by atoms with E-state index in [4.69, 9.17) is 4.74 Å². The molecule has 0 aliphatic carbocycles. The van der Waals surface area contributed by atoms with Crippen molar-refractivity contribution in [1.29, 1.82) is 0 Å². The molecule has 2 rings (SSSR count). The Morgan fingerprint density at radius 3 is 2.59 bits per heavy atom. The van der Waals surface area contributed by atoms with Crippen LogP contribution in [0.4, 0.5) is 0 Å². The Hall–Kier alpha value is -2.47. The second kappa shape index (κ2) is 7.00. The molecule has 1 aromatic carbocycles. The highest BCUT2D eigenvalue weighted by Crippen LogP contribution is 2.28. The van der Waals surface area contributed by atoms with E-state index in [-0.39, 0.29) is 30.4 Å². The molecular weight excluding hydrogens is 284 g/mol. The molecule has 22 heavy (non-hydrogen) atoms. The molecule has 0 aliphatic heterocycles. The number of hydrogen-bond acceptors (Lipinski definition) is 5. The monoisotopic (exact) mass is 302 g/mol. The predicted molar refractivity (Wildman–Crippen MR) is 80.6 cm³/mol. The Labute approximate surface area is 128 Å². The number of carbonyl (C=O) groups excluding carboxylic acids is 2. The number of carbonyl (C=O) groups is 2. The summed E-state index contributed by atoms with van der Waals surface area (Å²) in [5.74, 6) is -1.49. The van der Waals surface area contributed by atoms with Gasteiger partial charge in [-0.25, -0.2) is 4.79 Å². The van der Waals surface area contributed by atoms with E-state index in [2.05, 4.69) is 10.2 Å². The maximum atomic E-state index is 12.4. The SMILES string of the molecule is CCOC(=O)c1[nH]nc(C(=O)C(C)CO)c1-c1ccccc1. The number of benzene rings is 1. The lowest BCUT2D eigenvalue weighted by molar-refractivity contribution is 0.0520. The van der Waals surface area contributed by atoms with Crippen LogP contribution in [-0.2, 0) is 4.74 Å². The molecule has 6 heteroatoms. The van der Waals surface area contributed by atoms with E-state index >= 15 is 0 Å². The van der Waals surface area contributed by atoms with Crippen molar-refractivity contribution in [3.05, 3.63) is 41.7 Å². The predicted octanol–water partition coefficient (Wildman–Crippen LogP) is 2.06. The summed E-state index contributed by atoms with van der Waals surface area (Å²) in [6.07, 6.45) is 0. The molecule has 0 saturated heterocycles. The van der Waals surface area contributed by atoms with E-state index < -0.39 is 11.9 Å². The molecule has 0 fully saturated rings. The number of H-pyrrole nitrogens is 1. The third kappa shape index (κ3) is 3.07. The summed E-state index contributed by atoms with van der Waals surface area (Å²) in [7, 11) is 0. The molecule has 1 heterocycles. The van der Waals surface area contributed by atoms with Gasteiger partial charge in [-0.05, 0) is 12.5 Å². The van der Waals surface area contributed by atoms with Crippen molar-refractivity contribution in [2.45, 2.75) is 13.8 Å².